The van der Waals surface area contributed by atoms with Crippen molar-refractivity contribution in [2.24, 2.45) is 5.41 Å². The number of ether oxygens (including phenoxy) is 1. The van der Waals surface area contributed by atoms with E-state index in [-0.39, 0.29) is 30.0 Å². The highest BCUT2D eigenvalue weighted by atomic mass is 32.2. The van der Waals surface area contributed by atoms with Gasteiger partial charge >= 0.3 is 0 Å². The molecule has 128 valence electrons. The Morgan fingerprint density at radius 2 is 1.95 bits per heavy atom. The summed E-state index contributed by atoms with van der Waals surface area (Å²) >= 11 is 0. The van der Waals surface area contributed by atoms with E-state index in [1.807, 2.05) is 6.92 Å². The Morgan fingerprint density at radius 1 is 1.32 bits per heavy atom. The fourth-order valence-corrected chi connectivity index (χ4v) is 4.18. The second kappa shape index (κ2) is 6.84. The molecule has 22 heavy (non-hydrogen) atoms. The van der Waals surface area contributed by atoms with Crippen LogP contribution >= 0.6 is 0 Å². The van der Waals surface area contributed by atoms with E-state index >= 15 is 0 Å². The Kier molecular flexibility index (Phi) is 5.50. The third-order valence-corrected chi connectivity index (χ3v) is 6.47. The van der Waals surface area contributed by atoms with Gasteiger partial charge in [-0.1, -0.05) is 19.3 Å². The lowest BCUT2D eigenvalue weighted by molar-refractivity contribution is -0.157. The summed E-state index contributed by atoms with van der Waals surface area (Å²) in [5.41, 5.74) is 0.0631. The van der Waals surface area contributed by atoms with Crippen molar-refractivity contribution in [2.45, 2.75) is 57.6 Å². The van der Waals surface area contributed by atoms with Crippen LogP contribution in [0.4, 0.5) is 0 Å². The van der Waals surface area contributed by atoms with E-state index in [2.05, 4.69) is 5.32 Å². The van der Waals surface area contributed by atoms with Gasteiger partial charge in [-0.05, 0) is 26.2 Å². The van der Waals surface area contributed by atoms with Gasteiger partial charge in [0.1, 0.15) is 0 Å². The Labute approximate surface area is 133 Å². The third-order valence-electron chi connectivity index (χ3n) is 5.20. The van der Waals surface area contributed by atoms with Gasteiger partial charge in [0.05, 0.1) is 18.9 Å². The van der Waals surface area contributed by atoms with Gasteiger partial charge in [0, 0.05) is 25.1 Å². The van der Waals surface area contributed by atoms with Crippen LogP contribution in [-0.4, -0.2) is 57.2 Å². The van der Waals surface area contributed by atoms with Gasteiger partial charge in [0.25, 0.3) is 0 Å². The molecule has 0 unspecified atom stereocenters. The molecule has 6 nitrogen and oxygen atoms in total. The lowest BCUT2D eigenvalue weighted by Crippen LogP contribution is -2.66. The minimum atomic E-state index is -3.33. The molecule has 1 amide bonds. The molecule has 0 radical (unpaired) electrons. The van der Waals surface area contributed by atoms with E-state index in [0.717, 1.165) is 29.8 Å². The molecule has 0 bridgehead atoms. The van der Waals surface area contributed by atoms with Crippen LogP contribution in [0.5, 0.6) is 0 Å². The molecule has 2 rings (SSSR count). The summed E-state index contributed by atoms with van der Waals surface area (Å²) in [4.78, 5) is 12.1. The molecule has 0 aliphatic heterocycles. The minimum absolute atomic E-state index is 0.0631. The monoisotopic (exact) mass is 332 g/mol. The molecule has 1 spiro atoms. The van der Waals surface area contributed by atoms with E-state index < -0.39 is 10.0 Å². The first kappa shape index (κ1) is 17.7. The fourth-order valence-electron chi connectivity index (χ4n) is 3.83. The Bertz CT molecular complexity index is 500. The van der Waals surface area contributed by atoms with Crippen molar-refractivity contribution in [1.29, 1.82) is 0 Å². The highest BCUT2D eigenvalue weighted by Crippen LogP contribution is 2.53. The molecular weight excluding hydrogens is 304 g/mol. The first-order chi connectivity index (χ1) is 10.3. The SMILES string of the molecule is CCO[C@H]1C[C@@H](NC(=O)CN(C)S(C)(=O)=O)C12CCCCC2. The fraction of sp³-hybridized carbons (Fsp3) is 0.933. The van der Waals surface area contributed by atoms with Gasteiger partial charge < -0.3 is 10.1 Å². The Hall–Kier alpha value is -0.660. The second-order valence-corrected chi connectivity index (χ2v) is 8.70. The molecule has 0 saturated heterocycles. The number of carbonyl (C=O) groups excluding carboxylic acids is 1. The molecule has 2 saturated carbocycles. The van der Waals surface area contributed by atoms with Gasteiger partial charge in [0.15, 0.2) is 0 Å². The van der Waals surface area contributed by atoms with E-state index in [0.29, 0.717) is 6.61 Å². The smallest absolute Gasteiger partial charge is 0.235 e. The van der Waals surface area contributed by atoms with Crippen molar-refractivity contribution < 1.29 is 17.9 Å². The number of hydrogen-bond acceptors (Lipinski definition) is 4. The normalized spacial score (nSPS) is 27.6. The average molecular weight is 332 g/mol. The predicted molar refractivity (Wildman–Crippen MR) is 85.0 cm³/mol. The van der Waals surface area contributed by atoms with Crippen LogP contribution in [0.15, 0.2) is 0 Å². The van der Waals surface area contributed by atoms with Crippen LogP contribution in [-0.2, 0) is 19.6 Å². The molecule has 2 fully saturated rings. The minimum Gasteiger partial charge on any atom is -0.378 e. The number of amides is 1. The maximum atomic E-state index is 12.1. The summed E-state index contributed by atoms with van der Waals surface area (Å²) in [6.07, 6.45) is 7.96. The summed E-state index contributed by atoms with van der Waals surface area (Å²) in [5, 5.41) is 3.04. The number of carbonyl (C=O) groups is 1. The molecule has 0 aromatic rings. The highest BCUT2D eigenvalue weighted by molar-refractivity contribution is 7.88. The van der Waals surface area contributed by atoms with Crippen LogP contribution in [0, 0.1) is 5.41 Å². The van der Waals surface area contributed by atoms with Crippen LogP contribution in [0.1, 0.15) is 45.4 Å². The standard InChI is InChI=1S/C15H28N2O4S/c1-4-21-13-10-12(15(13)8-6-5-7-9-15)16-14(18)11-17(2)22(3,19)20/h12-13H,4-11H2,1-3H3,(H,16,18)/t12-,13+/m1/s1. The number of sulfonamides is 1. The number of hydrogen-bond donors (Lipinski definition) is 1. The molecule has 0 aromatic carbocycles. The number of likely N-dealkylation sites (N-methyl/N-ethyl adjacent to an activating group) is 1. The van der Waals surface area contributed by atoms with E-state index in [9.17, 15) is 13.2 Å². The predicted octanol–water partition coefficient (Wildman–Crippen LogP) is 1.12. The summed E-state index contributed by atoms with van der Waals surface area (Å²) in [6.45, 7) is 2.58. The average Bonchev–Trinajstić information content (AvgIpc) is 2.46. The van der Waals surface area contributed by atoms with E-state index in [1.54, 1.807) is 0 Å². The van der Waals surface area contributed by atoms with Gasteiger partial charge in [-0.2, -0.15) is 4.31 Å². The largest absolute Gasteiger partial charge is 0.378 e. The Morgan fingerprint density at radius 3 is 2.50 bits per heavy atom. The van der Waals surface area contributed by atoms with Crippen molar-refractivity contribution in [2.75, 3.05) is 26.5 Å². The molecule has 2 atom stereocenters. The van der Waals surface area contributed by atoms with Crippen molar-refractivity contribution in [3.63, 3.8) is 0 Å². The Balaban J connectivity index is 1.96. The lowest BCUT2D eigenvalue weighted by Gasteiger charge is -2.57. The summed E-state index contributed by atoms with van der Waals surface area (Å²) in [5.74, 6) is -0.224. The number of nitrogens with one attached hydrogen (secondary N) is 1. The zero-order valence-electron chi connectivity index (χ0n) is 13.8. The molecule has 2 aliphatic rings. The zero-order chi connectivity index (χ0) is 16.4. The molecule has 2 aliphatic carbocycles. The van der Waals surface area contributed by atoms with Crippen molar-refractivity contribution in [1.82, 2.24) is 9.62 Å². The van der Waals surface area contributed by atoms with Crippen molar-refractivity contribution in [3.8, 4) is 0 Å². The molecule has 7 heteroatoms. The quantitative estimate of drug-likeness (QED) is 0.791. The van der Waals surface area contributed by atoms with Gasteiger partial charge in [-0.3, -0.25) is 4.79 Å². The topological polar surface area (TPSA) is 75.7 Å². The lowest BCUT2D eigenvalue weighted by atomic mass is 9.55. The number of nitrogens with zero attached hydrogens (tertiary/aromatic N) is 1. The summed E-state index contributed by atoms with van der Waals surface area (Å²) < 4.78 is 29.7. The van der Waals surface area contributed by atoms with E-state index in [1.165, 1.54) is 26.3 Å². The molecule has 0 aromatic heterocycles. The maximum absolute atomic E-state index is 12.1. The third kappa shape index (κ3) is 3.63. The first-order valence-corrected chi connectivity index (χ1v) is 9.96. The summed E-state index contributed by atoms with van der Waals surface area (Å²) in [7, 11) is -1.90. The zero-order valence-corrected chi connectivity index (χ0v) is 14.6. The highest BCUT2D eigenvalue weighted by Gasteiger charge is 2.56. The van der Waals surface area contributed by atoms with Gasteiger partial charge in [0.2, 0.25) is 15.9 Å². The molecule has 1 N–H and O–H groups in total. The first-order valence-electron chi connectivity index (χ1n) is 8.12. The van der Waals surface area contributed by atoms with E-state index in [4.69, 9.17) is 4.74 Å². The second-order valence-electron chi connectivity index (χ2n) is 6.61. The van der Waals surface area contributed by atoms with Gasteiger partial charge in [-0.25, -0.2) is 8.42 Å². The van der Waals surface area contributed by atoms with Crippen LogP contribution in [0.3, 0.4) is 0 Å². The van der Waals surface area contributed by atoms with Crippen LogP contribution < -0.4 is 5.32 Å². The van der Waals surface area contributed by atoms with Crippen molar-refractivity contribution >= 4 is 15.9 Å². The molecule has 0 heterocycles. The van der Waals surface area contributed by atoms with Crippen LogP contribution in [0.2, 0.25) is 0 Å². The van der Waals surface area contributed by atoms with Crippen LogP contribution in [0.25, 0.3) is 0 Å². The summed E-state index contributed by atoms with van der Waals surface area (Å²) in [6, 6.07) is 0.116. The molecular formula is C15H28N2O4S. The van der Waals surface area contributed by atoms with Gasteiger partial charge in [-0.15, -0.1) is 0 Å². The van der Waals surface area contributed by atoms with Crippen molar-refractivity contribution in [3.05, 3.63) is 0 Å². The maximum Gasteiger partial charge on any atom is 0.235 e. The number of rotatable bonds is 6.